The number of nitrogens with zero attached hydrogens (tertiary/aromatic N) is 1. The van der Waals surface area contributed by atoms with Crippen LogP contribution in [0.25, 0.3) is 6.08 Å². The van der Waals surface area contributed by atoms with Gasteiger partial charge in [-0.1, -0.05) is 17.7 Å². The number of carbonyl (C=O) groups is 2. The summed E-state index contributed by atoms with van der Waals surface area (Å²) in [6.07, 6.45) is 1.57. The molecular weight excluding hydrogens is 393 g/mol. The molecule has 5 nitrogen and oxygen atoms in total. The maximum atomic E-state index is 14.0. The molecule has 2 aromatic carbocycles. The van der Waals surface area contributed by atoms with E-state index in [0.29, 0.717) is 17.1 Å². The first-order chi connectivity index (χ1) is 12.9. The maximum absolute atomic E-state index is 14.0. The fourth-order valence-electron chi connectivity index (χ4n) is 2.54. The van der Waals surface area contributed by atoms with Crippen molar-refractivity contribution in [3.05, 3.63) is 63.3 Å². The van der Waals surface area contributed by atoms with Crippen molar-refractivity contribution in [2.75, 3.05) is 14.2 Å². The Labute approximate surface area is 164 Å². The Morgan fingerprint density at radius 2 is 1.81 bits per heavy atom. The maximum Gasteiger partial charge on any atom is 0.293 e. The van der Waals surface area contributed by atoms with Gasteiger partial charge in [0, 0.05) is 16.7 Å². The van der Waals surface area contributed by atoms with Crippen molar-refractivity contribution in [2.45, 2.75) is 6.54 Å². The highest BCUT2D eigenvalue weighted by molar-refractivity contribution is 8.18. The summed E-state index contributed by atoms with van der Waals surface area (Å²) in [5.74, 6) is 0.0325. The van der Waals surface area contributed by atoms with Crippen molar-refractivity contribution in [1.82, 2.24) is 4.90 Å². The van der Waals surface area contributed by atoms with E-state index in [-0.39, 0.29) is 22.0 Å². The third-order valence-corrected chi connectivity index (χ3v) is 5.18. The van der Waals surface area contributed by atoms with Gasteiger partial charge in [0.1, 0.15) is 17.3 Å². The van der Waals surface area contributed by atoms with Crippen molar-refractivity contribution in [1.29, 1.82) is 0 Å². The smallest absolute Gasteiger partial charge is 0.293 e. The first-order valence-corrected chi connectivity index (χ1v) is 9.03. The predicted molar refractivity (Wildman–Crippen MR) is 102 cm³/mol. The monoisotopic (exact) mass is 407 g/mol. The van der Waals surface area contributed by atoms with Crippen molar-refractivity contribution in [3.63, 3.8) is 0 Å². The summed E-state index contributed by atoms with van der Waals surface area (Å²) in [7, 11) is 3.04. The molecule has 27 heavy (non-hydrogen) atoms. The number of benzene rings is 2. The van der Waals surface area contributed by atoms with E-state index in [9.17, 15) is 14.0 Å². The predicted octanol–water partition coefficient (Wildman–Crippen LogP) is 4.73. The second kappa shape index (κ2) is 8.02. The van der Waals surface area contributed by atoms with Gasteiger partial charge in [0.05, 0.1) is 25.7 Å². The molecule has 8 heteroatoms. The number of methoxy groups -OCH3 is 2. The zero-order chi connectivity index (χ0) is 19.6. The van der Waals surface area contributed by atoms with E-state index in [0.717, 1.165) is 16.7 Å². The molecule has 1 heterocycles. The number of thioether (sulfide) groups is 1. The lowest BCUT2D eigenvalue weighted by molar-refractivity contribution is -0.123. The van der Waals surface area contributed by atoms with Crippen LogP contribution in [0.1, 0.15) is 11.1 Å². The number of imide groups is 1. The Morgan fingerprint density at radius 1 is 1.15 bits per heavy atom. The van der Waals surface area contributed by atoms with Gasteiger partial charge in [-0.25, -0.2) is 4.39 Å². The van der Waals surface area contributed by atoms with Gasteiger partial charge in [-0.05, 0) is 47.7 Å². The normalized spacial score (nSPS) is 15.6. The van der Waals surface area contributed by atoms with Crippen LogP contribution in [-0.2, 0) is 11.3 Å². The Hall–Kier alpha value is -2.51. The molecule has 0 aromatic heterocycles. The van der Waals surface area contributed by atoms with Crippen LogP contribution >= 0.6 is 23.4 Å². The highest BCUT2D eigenvalue weighted by atomic mass is 35.5. The largest absolute Gasteiger partial charge is 0.497 e. The standard InChI is InChI=1S/C19H15ClFNO4S/c1-25-12-6-11(7-13(9-12)26-2)8-17-18(23)22(19(24)27-17)10-14-15(20)4-3-5-16(14)21/h3-9H,10H2,1-2H3/b17-8+. The third-order valence-electron chi connectivity index (χ3n) is 3.92. The molecule has 1 aliphatic heterocycles. The average molecular weight is 408 g/mol. The minimum Gasteiger partial charge on any atom is -0.497 e. The number of amides is 2. The topological polar surface area (TPSA) is 55.8 Å². The van der Waals surface area contributed by atoms with Gasteiger partial charge in [0.25, 0.3) is 11.1 Å². The van der Waals surface area contributed by atoms with Crippen LogP contribution < -0.4 is 9.47 Å². The fraction of sp³-hybridized carbons (Fsp3) is 0.158. The Morgan fingerprint density at radius 3 is 2.41 bits per heavy atom. The number of ether oxygens (including phenoxy) is 2. The lowest BCUT2D eigenvalue weighted by atomic mass is 10.1. The lowest BCUT2D eigenvalue weighted by Gasteiger charge is -2.14. The first kappa shape index (κ1) is 19.3. The molecular formula is C19H15ClFNO4S. The SMILES string of the molecule is COc1cc(/C=C2/SC(=O)N(Cc3c(F)cccc3Cl)C2=O)cc(OC)c1. The number of halogens is 2. The van der Waals surface area contributed by atoms with Gasteiger partial charge in [-0.2, -0.15) is 0 Å². The third kappa shape index (κ3) is 4.09. The number of hydrogen-bond donors (Lipinski definition) is 0. The summed E-state index contributed by atoms with van der Waals surface area (Å²) in [4.78, 5) is 26.1. The van der Waals surface area contributed by atoms with Crippen LogP contribution in [0.4, 0.5) is 9.18 Å². The summed E-state index contributed by atoms with van der Waals surface area (Å²) < 4.78 is 24.4. The molecule has 0 unspecified atom stereocenters. The zero-order valence-corrected chi connectivity index (χ0v) is 16.1. The Kier molecular flexibility index (Phi) is 5.72. The van der Waals surface area contributed by atoms with E-state index in [1.54, 1.807) is 24.3 Å². The highest BCUT2D eigenvalue weighted by Gasteiger charge is 2.35. The van der Waals surface area contributed by atoms with Crippen LogP contribution in [0.3, 0.4) is 0 Å². The van der Waals surface area contributed by atoms with E-state index in [1.165, 1.54) is 32.4 Å². The molecule has 140 valence electrons. The zero-order valence-electron chi connectivity index (χ0n) is 14.5. The molecule has 3 rings (SSSR count). The van der Waals surface area contributed by atoms with E-state index < -0.39 is 17.0 Å². The molecule has 1 fully saturated rings. The number of carbonyl (C=O) groups excluding carboxylic acids is 2. The molecule has 0 radical (unpaired) electrons. The molecule has 1 aliphatic rings. The summed E-state index contributed by atoms with van der Waals surface area (Å²) in [6, 6.07) is 9.33. The van der Waals surface area contributed by atoms with Crippen LogP contribution in [0, 0.1) is 5.82 Å². The van der Waals surface area contributed by atoms with Crippen molar-refractivity contribution < 1.29 is 23.5 Å². The molecule has 2 aromatic rings. The first-order valence-electron chi connectivity index (χ1n) is 7.84. The second-order valence-corrected chi connectivity index (χ2v) is 7.01. The van der Waals surface area contributed by atoms with Gasteiger partial charge in [0.2, 0.25) is 0 Å². The summed E-state index contributed by atoms with van der Waals surface area (Å²) in [5.41, 5.74) is 0.742. The summed E-state index contributed by atoms with van der Waals surface area (Å²) in [6.45, 7) is -0.227. The minimum absolute atomic E-state index is 0.103. The van der Waals surface area contributed by atoms with Gasteiger partial charge in [-0.3, -0.25) is 14.5 Å². The molecule has 0 saturated carbocycles. The van der Waals surface area contributed by atoms with Crippen LogP contribution in [0.15, 0.2) is 41.3 Å². The summed E-state index contributed by atoms with van der Waals surface area (Å²) in [5, 5.41) is -0.323. The molecule has 0 aliphatic carbocycles. The molecule has 2 amide bonds. The Bertz CT molecular complexity index is 905. The molecule has 0 N–H and O–H groups in total. The van der Waals surface area contributed by atoms with Crippen molar-refractivity contribution in [2.24, 2.45) is 0 Å². The van der Waals surface area contributed by atoms with E-state index in [4.69, 9.17) is 21.1 Å². The quantitative estimate of drug-likeness (QED) is 0.670. The molecule has 0 bridgehead atoms. The van der Waals surface area contributed by atoms with Crippen LogP contribution in [-0.4, -0.2) is 30.3 Å². The van der Waals surface area contributed by atoms with E-state index in [2.05, 4.69) is 0 Å². The van der Waals surface area contributed by atoms with E-state index in [1.807, 2.05) is 0 Å². The van der Waals surface area contributed by atoms with Gasteiger partial charge >= 0.3 is 0 Å². The number of hydrogen-bond acceptors (Lipinski definition) is 5. The Balaban J connectivity index is 1.89. The molecule has 0 spiro atoms. The molecule has 0 atom stereocenters. The lowest BCUT2D eigenvalue weighted by Crippen LogP contribution is -2.28. The second-order valence-electron chi connectivity index (χ2n) is 5.61. The number of rotatable bonds is 5. The van der Waals surface area contributed by atoms with E-state index >= 15 is 0 Å². The fourth-order valence-corrected chi connectivity index (χ4v) is 3.60. The molecule has 1 saturated heterocycles. The van der Waals surface area contributed by atoms with Gasteiger partial charge in [-0.15, -0.1) is 0 Å². The average Bonchev–Trinajstić information content (AvgIpc) is 2.91. The van der Waals surface area contributed by atoms with Gasteiger partial charge < -0.3 is 9.47 Å². The van der Waals surface area contributed by atoms with Gasteiger partial charge in [0.15, 0.2) is 0 Å². The van der Waals surface area contributed by atoms with Crippen LogP contribution in [0.5, 0.6) is 11.5 Å². The van der Waals surface area contributed by atoms with Crippen molar-refractivity contribution in [3.8, 4) is 11.5 Å². The minimum atomic E-state index is -0.567. The van der Waals surface area contributed by atoms with Crippen molar-refractivity contribution >= 4 is 40.6 Å². The highest BCUT2D eigenvalue weighted by Crippen LogP contribution is 2.35. The summed E-state index contributed by atoms with van der Waals surface area (Å²) >= 11 is 6.78. The van der Waals surface area contributed by atoms with Crippen LogP contribution in [0.2, 0.25) is 5.02 Å².